The minimum atomic E-state index is -0.275. The van der Waals surface area contributed by atoms with E-state index in [1.807, 2.05) is 37.3 Å². The molecule has 0 amide bonds. The summed E-state index contributed by atoms with van der Waals surface area (Å²) in [4.78, 5) is 18.4. The van der Waals surface area contributed by atoms with Gasteiger partial charge in [0.1, 0.15) is 6.61 Å². The van der Waals surface area contributed by atoms with Crippen LogP contribution in [0.3, 0.4) is 0 Å². The topological polar surface area (TPSA) is 45.3 Å². The molecule has 4 heteroatoms. The van der Waals surface area contributed by atoms with Crippen LogP contribution in [0.25, 0.3) is 10.9 Å². The number of fused-ring (bicyclic) bond motifs is 1. The van der Waals surface area contributed by atoms with E-state index < -0.39 is 0 Å². The molecule has 0 atom stereocenters. The molecule has 1 heterocycles. The minimum absolute atomic E-state index is 0.275. The van der Waals surface area contributed by atoms with Gasteiger partial charge in [-0.2, -0.15) is 0 Å². The molecule has 0 saturated carbocycles. The molecule has 1 aromatic heterocycles. The third-order valence-corrected chi connectivity index (χ3v) is 5.08. The molecule has 0 aliphatic rings. The number of ether oxygens (including phenoxy) is 1. The van der Waals surface area contributed by atoms with Crippen LogP contribution in [0.15, 0.2) is 48.5 Å². The normalized spacial score (nSPS) is 11.3. The number of hydrogen-bond acceptors (Lipinski definition) is 3. The number of esters is 1. The average molecular weight is 364 g/mol. The van der Waals surface area contributed by atoms with Crippen molar-refractivity contribution in [2.24, 2.45) is 0 Å². The number of rotatable bonds is 8. The summed E-state index contributed by atoms with van der Waals surface area (Å²) in [5.41, 5.74) is 4.70. The molecule has 0 aliphatic carbocycles. The lowest BCUT2D eigenvalue weighted by Gasteiger charge is -2.17. The van der Waals surface area contributed by atoms with Gasteiger partial charge in [0.15, 0.2) is 0 Å². The van der Waals surface area contributed by atoms with Crippen molar-refractivity contribution in [1.82, 2.24) is 9.88 Å². The zero-order valence-electron chi connectivity index (χ0n) is 16.4. The Hall–Kier alpha value is -2.59. The standard InChI is InChI=1S/C23H28N2O2/c1-4-25(5-2)14-13-18-11-12-21-20(15-18)22(17(3)24-21)23(26)27-16-19-9-7-6-8-10-19/h6-12,15,24H,4-5,13-14,16H2,1-3H3. The van der Waals surface area contributed by atoms with Crippen LogP contribution in [-0.4, -0.2) is 35.5 Å². The predicted molar refractivity (Wildman–Crippen MR) is 110 cm³/mol. The minimum Gasteiger partial charge on any atom is -0.457 e. The molecule has 0 radical (unpaired) electrons. The van der Waals surface area contributed by atoms with Crippen molar-refractivity contribution in [2.45, 2.75) is 33.8 Å². The van der Waals surface area contributed by atoms with E-state index in [9.17, 15) is 4.79 Å². The molecule has 142 valence electrons. The van der Waals surface area contributed by atoms with Gasteiger partial charge in [0.25, 0.3) is 0 Å². The van der Waals surface area contributed by atoms with Gasteiger partial charge in [-0.25, -0.2) is 4.79 Å². The van der Waals surface area contributed by atoms with E-state index in [1.54, 1.807) is 0 Å². The molecule has 2 aromatic carbocycles. The van der Waals surface area contributed by atoms with Gasteiger partial charge in [-0.15, -0.1) is 0 Å². The summed E-state index contributed by atoms with van der Waals surface area (Å²) in [7, 11) is 0. The van der Waals surface area contributed by atoms with Gasteiger partial charge < -0.3 is 14.6 Å². The summed E-state index contributed by atoms with van der Waals surface area (Å²) in [5, 5.41) is 0.947. The lowest BCUT2D eigenvalue weighted by Crippen LogP contribution is -2.25. The number of nitrogens with zero attached hydrogens (tertiary/aromatic N) is 1. The van der Waals surface area contributed by atoms with Crippen molar-refractivity contribution in [1.29, 1.82) is 0 Å². The van der Waals surface area contributed by atoms with E-state index in [1.165, 1.54) is 5.56 Å². The highest BCUT2D eigenvalue weighted by molar-refractivity contribution is 6.05. The van der Waals surface area contributed by atoms with Crippen molar-refractivity contribution in [3.63, 3.8) is 0 Å². The molecule has 0 saturated heterocycles. The summed E-state index contributed by atoms with van der Waals surface area (Å²) in [6, 6.07) is 16.1. The lowest BCUT2D eigenvalue weighted by molar-refractivity contribution is 0.0474. The molecule has 3 rings (SSSR count). The summed E-state index contributed by atoms with van der Waals surface area (Å²) >= 11 is 0. The van der Waals surface area contributed by atoms with Gasteiger partial charge in [0, 0.05) is 23.1 Å². The first-order valence-corrected chi connectivity index (χ1v) is 9.67. The second-order valence-corrected chi connectivity index (χ2v) is 6.84. The fourth-order valence-corrected chi connectivity index (χ4v) is 3.41. The summed E-state index contributed by atoms with van der Waals surface area (Å²) < 4.78 is 5.57. The van der Waals surface area contributed by atoms with Gasteiger partial charge in [0.2, 0.25) is 0 Å². The molecule has 4 nitrogen and oxygen atoms in total. The quantitative estimate of drug-likeness (QED) is 0.588. The number of hydrogen-bond donors (Lipinski definition) is 1. The van der Waals surface area contributed by atoms with Crippen LogP contribution in [0.5, 0.6) is 0 Å². The summed E-state index contributed by atoms with van der Waals surface area (Å²) in [6.07, 6.45) is 0.973. The van der Waals surface area contributed by atoms with Crippen LogP contribution in [0, 0.1) is 6.92 Å². The van der Waals surface area contributed by atoms with Gasteiger partial charge in [0.05, 0.1) is 5.56 Å². The number of aromatic nitrogens is 1. The Balaban J connectivity index is 1.78. The van der Waals surface area contributed by atoms with E-state index in [-0.39, 0.29) is 12.6 Å². The molecule has 1 N–H and O–H groups in total. The first kappa shape index (κ1) is 19.2. The maximum absolute atomic E-state index is 12.7. The van der Waals surface area contributed by atoms with Crippen molar-refractivity contribution in [2.75, 3.05) is 19.6 Å². The van der Waals surface area contributed by atoms with Gasteiger partial charge >= 0.3 is 5.97 Å². The molecule has 0 fully saturated rings. The molecular formula is C23H28N2O2. The van der Waals surface area contributed by atoms with E-state index in [0.29, 0.717) is 5.56 Å². The Morgan fingerprint density at radius 1 is 1.04 bits per heavy atom. The maximum atomic E-state index is 12.7. The second-order valence-electron chi connectivity index (χ2n) is 6.84. The molecule has 0 bridgehead atoms. The van der Waals surface area contributed by atoms with Crippen LogP contribution in [-0.2, 0) is 17.8 Å². The van der Waals surface area contributed by atoms with E-state index in [0.717, 1.165) is 48.2 Å². The molecule has 27 heavy (non-hydrogen) atoms. The number of nitrogens with one attached hydrogen (secondary N) is 1. The van der Waals surface area contributed by atoms with Crippen LogP contribution in [0.2, 0.25) is 0 Å². The maximum Gasteiger partial charge on any atom is 0.340 e. The Bertz CT molecular complexity index is 895. The highest BCUT2D eigenvalue weighted by Crippen LogP contribution is 2.25. The van der Waals surface area contributed by atoms with Crippen molar-refractivity contribution in [3.8, 4) is 0 Å². The number of aryl methyl sites for hydroxylation is 1. The first-order valence-electron chi connectivity index (χ1n) is 9.67. The highest BCUT2D eigenvalue weighted by Gasteiger charge is 2.18. The second kappa shape index (κ2) is 8.87. The predicted octanol–water partition coefficient (Wildman–Crippen LogP) is 4.72. The largest absolute Gasteiger partial charge is 0.457 e. The van der Waals surface area contributed by atoms with Gasteiger partial charge in [-0.05, 0) is 49.7 Å². The first-order chi connectivity index (χ1) is 13.1. The van der Waals surface area contributed by atoms with Crippen LogP contribution >= 0.6 is 0 Å². The Kier molecular flexibility index (Phi) is 6.30. The SMILES string of the molecule is CCN(CC)CCc1ccc2[nH]c(C)c(C(=O)OCc3ccccc3)c2c1. The molecule has 0 spiro atoms. The molecule has 0 aliphatic heterocycles. The monoisotopic (exact) mass is 364 g/mol. The Morgan fingerprint density at radius 3 is 2.48 bits per heavy atom. The average Bonchev–Trinajstić information content (AvgIpc) is 3.03. The van der Waals surface area contributed by atoms with Crippen molar-refractivity contribution < 1.29 is 9.53 Å². The van der Waals surface area contributed by atoms with Gasteiger partial charge in [-0.1, -0.05) is 50.2 Å². The zero-order chi connectivity index (χ0) is 19.2. The smallest absolute Gasteiger partial charge is 0.340 e. The van der Waals surface area contributed by atoms with Crippen LogP contribution in [0.1, 0.15) is 41.0 Å². The molecule has 0 unspecified atom stereocenters. The third-order valence-electron chi connectivity index (χ3n) is 5.08. The number of aromatic amines is 1. The van der Waals surface area contributed by atoms with Gasteiger partial charge in [-0.3, -0.25) is 0 Å². The Morgan fingerprint density at radius 2 is 1.78 bits per heavy atom. The number of benzene rings is 2. The number of carbonyl (C=O) groups is 1. The van der Waals surface area contributed by atoms with Crippen molar-refractivity contribution in [3.05, 3.63) is 70.9 Å². The fraction of sp³-hybridized carbons (Fsp3) is 0.348. The van der Waals surface area contributed by atoms with Crippen LogP contribution in [0.4, 0.5) is 0 Å². The highest BCUT2D eigenvalue weighted by atomic mass is 16.5. The number of carbonyl (C=O) groups excluding carboxylic acids is 1. The lowest BCUT2D eigenvalue weighted by atomic mass is 10.1. The number of H-pyrrole nitrogens is 1. The molecule has 3 aromatic rings. The number of likely N-dealkylation sites (N-methyl/N-ethyl adjacent to an activating group) is 1. The molecular weight excluding hydrogens is 336 g/mol. The van der Waals surface area contributed by atoms with E-state index in [4.69, 9.17) is 4.74 Å². The fourth-order valence-electron chi connectivity index (χ4n) is 3.41. The van der Waals surface area contributed by atoms with E-state index in [2.05, 4.69) is 41.9 Å². The zero-order valence-corrected chi connectivity index (χ0v) is 16.4. The Labute approximate surface area is 161 Å². The van der Waals surface area contributed by atoms with Crippen LogP contribution < -0.4 is 0 Å². The van der Waals surface area contributed by atoms with E-state index >= 15 is 0 Å². The third kappa shape index (κ3) is 4.58. The van der Waals surface area contributed by atoms with Crippen molar-refractivity contribution >= 4 is 16.9 Å². The summed E-state index contributed by atoms with van der Waals surface area (Å²) in [5.74, 6) is -0.275. The summed E-state index contributed by atoms with van der Waals surface area (Å²) in [6.45, 7) is 9.71.